The van der Waals surface area contributed by atoms with E-state index in [9.17, 15) is 0 Å². The van der Waals surface area contributed by atoms with Gasteiger partial charge in [-0.25, -0.2) is 0 Å². The van der Waals surface area contributed by atoms with Crippen molar-refractivity contribution >= 4 is 0 Å². The average molecular weight is 255 g/mol. The molecule has 0 amide bonds. The predicted molar refractivity (Wildman–Crippen MR) is 47.9 cm³/mol. The molecule has 68 valence electrons. The molecule has 0 saturated heterocycles. The fraction of sp³-hybridized carbons (Fsp3) is 0.200. The third-order valence-electron chi connectivity index (χ3n) is 1.88. The predicted octanol–water partition coefficient (Wildman–Crippen LogP) is 2.54. The molecule has 0 aliphatic heterocycles. The first-order valence-corrected chi connectivity index (χ1v) is 6.75. The van der Waals surface area contributed by atoms with Gasteiger partial charge in [-0.1, -0.05) is 0 Å². The van der Waals surface area contributed by atoms with E-state index in [1.165, 1.54) is 0 Å². The molecule has 0 spiro atoms. The van der Waals surface area contributed by atoms with Crippen molar-refractivity contribution in [3.63, 3.8) is 0 Å². The Bertz CT molecular complexity index is 204. The first-order valence-electron chi connectivity index (χ1n) is 3.91. The molecule has 0 heterocycles. The van der Waals surface area contributed by atoms with Crippen molar-refractivity contribution in [1.29, 1.82) is 0 Å². The molecule has 0 aromatic heterocycles. The smallest absolute Gasteiger partial charge is 0.870 e. The average Bonchev–Trinajstić information content (AvgIpc) is 2.60. The monoisotopic (exact) mass is 254 g/mol. The minimum Gasteiger partial charge on any atom is -0.870 e. The van der Waals surface area contributed by atoms with Gasteiger partial charge in [0.1, 0.15) is 0 Å². The maximum atomic E-state index is 2.34. The Morgan fingerprint density at radius 3 is 1.23 bits per heavy atom. The molecule has 2 nitrogen and oxygen atoms in total. The Labute approximate surface area is 89.9 Å². The largest absolute Gasteiger partial charge is 0.870 e. The minimum absolute atomic E-state index is 0. The normalized spacial score (nSPS) is 18.5. The summed E-state index contributed by atoms with van der Waals surface area (Å²) in [6.07, 6.45) is 18.1. The molecule has 0 radical (unpaired) electrons. The van der Waals surface area contributed by atoms with Gasteiger partial charge in [-0.3, -0.25) is 0 Å². The summed E-state index contributed by atoms with van der Waals surface area (Å²) in [4.78, 5) is 0. The van der Waals surface area contributed by atoms with Gasteiger partial charge in [0.05, 0.1) is 0 Å². The Morgan fingerprint density at radius 1 is 0.615 bits per heavy atom. The van der Waals surface area contributed by atoms with Gasteiger partial charge >= 0.3 is 79.1 Å². The van der Waals surface area contributed by atoms with Crippen LogP contribution in [-0.4, -0.2) is 11.0 Å². The van der Waals surface area contributed by atoms with Crippen LogP contribution in [0.4, 0.5) is 0 Å². The van der Waals surface area contributed by atoms with Crippen LogP contribution in [0.5, 0.6) is 0 Å². The van der Waals surface area contributed by atoms with Gasteiger partial charge in [0.2, 0.25) is 0 Å². The molecule has 2 aliphatic carbocycles. The second-order valence-corrected chi connectivity index (χ2v) is 6.85. The molecular weight excluding hydrogens is 243 g/mol. The SMILES string of the molecule is C1=C[CH]([Zr+2][CH]2C=CC=C2)C=C1.[OH-].[OH-]. The molecule has 0 bridgehead atoms. The van der Waals surface area contributed by atoms with E-state index in [-0.39, 0.29) is 34.2 Å². The van der Waals surface area contributed by atoms with Crippen molar-refractivity contribution in [3.05, 3.63) is 48.6 Å². The van der Waals surface area contributed by atoms with Gasteiger partial charge < -0.3 is 11.0 Å². The van der Waals surface area contributed by atoms with Gasteiger partial charge in [-0.2, -0.15) is 0 Å². The number of hydrogen-bond donors (Lipinski definition) is 0. The molecule has 0 aromatic carbocycles. The van der Waals surface area contributed by atoms with Gasteiger partial charge in [0.15, 0.2) is 0 Å². The molecule has 0 saturated carbocycles. The van der Waals surface area contributed by atoms with Crippen molar-refractivity contribution in [2.75, 3.05) is 0 Å². The molecule has 0 atom stereocenters. The number of rotatable bonds is 2. The number of allylic oxidation sites excluding steroid dienone is 8. The van der Waals surface area contributed by atoms with Crippen LogP contribution in [0.3, 0.4) is 0 Å². The summed E-state index contributed by atoms with van der Waals surface area (Å²) in [6, 6.07) is 0. The van der Waals surface area contributed by atoms with Crippen LogP contribution >= 0.6 is 0 Å². The zero-order valence-corrected chi connectivity index (χ0v) is 9.63. The molecule has 0 unspecified atom stereocenters. The van der Waals surface area contributed by atoms with Crippen LogP contribution in [0.15, 0.2) is 48.6 Å². The zero-order chi connectivity index (χ0) is 7.52. The summed E-state index contributed by atoms with van der Waals surface area (Å²) in [6.45, 7) is 0. The molecule has 13 heavy (non-hydrogen) atoms. The van der Waals surface area contributed by atoms with Gasteiger partial charge in [0, 0.05) is 0 Å². The topological polar surface area (TPSA) is 60.0 Å². The number of hydrogen-bond acceptors (Lipinski definition) is 2. The quantitative estimate of drug-likeness (QED) is 0.761. The van der Waals surface area contributed by atoms with E-state index < -0.39 is 0 Å². The summed E-state index contributed by atoms with van der Waals surface area (Å²) in [7, 11) is 0. The van der Waals surface area contributed by atoms with E-state index >= 15 is 0 Å². The summed E-state index contributed by atoms with van der Waals surface area (Å²) < 4.78 is 1.69. The maximum absolute atomic E-state index is 2.34. The first kappa shape index (κ1) is 12.8. The molecule has 2 N–H and O–H groups in total. The van der Waals surface area contributed by atoms with Gasteiger partial charge in [-0.05, 0) is 0 Å². The Hall–Kier alpha value is -0.237. The minimum atomic E-state index is -0.256. The van der Waals surface area contributed by atoms with E-state index in [2.05, 4.69) is 48.6 Å². The Morgan fingerprint density at radius 2 is 0.923 bits per heavy atom. The fourth-order valence-electron chi connectivity index (χ4n) is 1.31. The van der Waals surface area contributed by atoms with E-state index in [0.717, 1.165) is 7.25 Å². The Kier molecular flexibility index (Phi) is 6.14. The second-order valence-electron chi connectivity index (χ2n) is 2.76. The van der Waals surface area contributed by atoms with Crippen LogP contribution in [0.25, 0.3) is 0 Å². The molecule has 3 heteroatoms. The van der Waals surface area contributed by atoms with Crippen LogP contribution < -0.4 is 0 Å². The van der Waals surface area contributed by atoms with Crippen LogP contribution in [0, 0.1) is 0 Å². The van der Waals surface area contributed by atoms with Crippen molar-refractivity contribution in [2.24, 2.45) is 0 Å². The van der Waals surface area contributed by atoms with Crippen molar-refractivity contribution < 1.29 is 34.2 Å². The summed E-state index contributed by atoms with van der Waals surface area (Å²) in [5.74, 6) is 0. The van der Waals surface area contributed by atoms with Crippen molar-refractivity contribution in [3.8, 4) is 0 Å². The standard InChI is InChI=1S/2C5H5.2H2O.Zr/c2*1-2-4-5-3-1;;;/h2*1-5H;2*1H2;/q;;;;+2/p-2. The van der Waals surface area contributed by atoms with Crippen molar-refractivity contribution in [2.45, 2.75) is 7.25 Å². The van der Waals surface area contributed by atoms with E-state index in [1.54, 1.807) is 0 Å². The van der Waals surface area contributed by atoms with Crippen molar-refractivity contribution in [1.82, 2.24) is 0 Å². The molecule has 0 aromatic rings. The van der Waals surface area contributed by atoms with E-state index in [1.807, 2.05) is 0 Å². The molecular formula is C10H12O2Zr. The zero-order valence-electron chi connectivity index (χ0n) is 7.17. The summed E-state index contributed by atoms with van der Waals surface area (Å²) in [5, 5.41) is 0. The third kappa shape index (κ3) is 3.55. The van der Waals surface area contributed by atoms with Crippen LogP contribution in [-0.2, 0) is 23.2 Å². The fourth-order valence-corrected chi connectivity index (χ4v) is 4.59. The van der Waals surface area contributed by atoms with Gasteiger partial charge in [0.25, 0.3) is 0 Å². The van der Waals surface area contributed by atoms with Crippen LogP contribution in [0.1, 0.15) is 0 Å². The van der Waals surface area contributed by atoms with Gasteiger partial charge in [-0.15, -0.1) is 0 Å². The molecule has 2 rings (SSSR count). The Balaban J connectivity index is 0.000000720. The molecule has 0 fully saturated rings. The molecule has 2 aliphatic rings. The summed E-state index contributed by atoms with van der Waals surface area (Å²) >= 11 is -0.256. The second kappa shape index (κ2) is 6.25. The maximum Gasteiger partial charge on any atom is -0.870 e. The third-order valence-corrected chi connectivity index (χ3v) is 5.67. The summed E-state index contributed by atoms with van der Waals surface area (Å²) in [5.41, 5.74) is 0. The van der Waals surface area contributed by atoms with E-state index in [0.29, 0.717) is 0 Å². The van der Waals surface area contributed by atoms with Crippen LogP contribution in [0.2, 0.25) is 7.25 Å². The first-order chi connectivity index (χ1) is 5.45. The van der Waals surface area contributed by atoms with E-state index in [4.69, 9.17) is 0 Å².